The van der Waals surface area contributed by atoms with Crippen LogP contribution in [0.4, 0.5) is 0 Å². The highest BCUT2D eigenvalue weighted by atomic mass is 16.6. The van der Waals surface area contributed by atoms with Crippen molar-refractivity contribution in [3.05, 3.63) is 124 Å². The van der Waals surface area contributed by atoms with E-state index in [4.69, 9.17) is 29.2 Å². The van der Waals surface area contributed by atoms with Gasteiger partial charge in [0.2, 0.25) is 5.43 Å². The summed E-state index contributed by atoms with van der Waals surface area (Å²) in [5.41, 5.74) is 0.576. The Hall–Kier alpha value is -7.44. The number of aliphatic hydroxyl groups excluding tert-OH is 2. The van der Waals surface area contributed by atoms with Crippen LogP contribution in [0.25, 0.3) is 32.7 Å². The average molecular weight is 962 g/mol. The maximum atomic E-state index is 12.9. The molecule has 0 spiro atoms. The lowest BCUT2D eigenvalue weighted by molar-refractivity contribution is -0.165. The van der Waals surface area contributed by atoms with Gasteiger partial charge in [0, 0.05) is 52.7 Å². The summed E-state index contributed by atoms with van der Waals surface area (Å²) in [7, 11) is 0. The van der Waals surface area contributed by atoms with Crippen LogP contribution in [-0.4, -0.2) is 110 Å². The summed E-state index contributed by atoms with van der Waals surface area (Å²) in [6, 6.07) is 14.5. The van der Waals surface area contributed by atoms with Crippen molar-refractivity contribution in [1.29, 1.82) is 0 Å². The number of aromatic nitrogens is 5. The number of pyridine rings is 3. The Morgan fingerprint density at radius 2 is 1.31 bits per heavy atom. The highest BCUT2D eigenvalue weighted by Gasteiger charge is 2.43. The molecule has 0 radical (unpaired) electrons. The predicted molar refractivity (Wildman–Crippen MR) is 259 cm³/mol. The second-order valence-corrected chi connectivity index (χ2v) is 17.9. The molecule has 6 aromatic rings. The number of aliphatic hydroxyl groups is 2. The molecule has 18 heteroatoms. The minimum Gasteiger partial charge on any atom is -0.463 e. The Bertz CT molecular complexity index is 2960. The zero-order chi connectivity index (χ0) is 51.2. The lowest BCUT2D eigenvalue weighted by Gasteiger charge is -2.33. The van der Waals surface area contributed by atoms with E-state index in [1.165, 1.54) is 35.6 Å². The van der Waals surface area contributed by atoms with Crippen LogP contribution in [0.3, 0.4) is 0 Å². The largest absolute Gasteiger partial charge is 0.463 e. The number of fused-ring (bicyclic) bond motifs is 6. The van der Waals surface area contributed by atoms with E-state index in [-0.39, 0.29) is 68.6 Å². The number of hydrogen-bond donors (Lipinski definition) is 3. The number of esters is 4. The molecule has 0 amide bonds. The van der Waals surface area contributed by atoms with Crippen molar-refractivity contribution in [3.8, 4) is 0 Å². The number of ketones is 1. The van der Waals surface area contributed by atoms with Gasteiger partial charge in [0.05, 0.1) is 46.0 Å². The van der Waals surface area contributed by atoms with Crippen LogP contribution in [0.15, 0.2) is 102 Å². The monoisotopic (exact) mass is 961 g/mol. The molecule has 3 N–H and O–H groups in total. The van der Waals surface area contributed by atoms with Crippen LogP contribution in [-0.2, 0) is 44.5 Å². The fourth-order valence-electron chi connectivity index (χ4n) is 7.48. The van der Waals surface area contributed by atoms with Gasteiger partial charge in [0.15, 0.2) is 5.78 Å². The Morgan fingerprint density at radius 3 is 1.94 bits per heavy atom. The SMILES string of the molecule is CCC(C)(C)C(=O)OCCO.CCC(C)(CC(C)(C)C(=O)OCCOC(=O)C1=CCc2c(ccc3cccnc23)C1=O)C(=O)OCCO.O=C(c1c[nH]c2c(ccc3cccnc32)c1=O)n1ccnc1. The molecule has 1 aliphatic carbocycles. The molecular weight excluding hydrogens is 903 g/mol. The normalized spacial score (nSPS) is 13.1. The topological polar surface area (TPSA) is 256 Å². The smallest absolute Gasteiger partial charge is 0.341 e. The van der Waals surface area contributed by atoms with E-state index in [0.29, 0.717) is 34.8 Å². The quantitative estimate of drug-likeness (QED) is 0.0317. The minimum atomic E-state index is -1.02. The van der Waals surface area contributed by atoms with Gasteiger partial charge in [-0.05, 0) is 90.1 Å². The number of nitrogens with zero attached hydrogens (tertiary/aromatic N) is 4. The van der Waals surface area contributed by atoms with Crippen molar-refractivity contribution in [2.45, 2.75) is 74.1 Å². The van der Waals surface area contributed by atoms with Gasteiger partial charge < -0.3 is 34.1 Å². The maximum Gasteiger partial charge on any atom is 0.341 e. The summed E-state index contributed by atoms with van der Waals surface area (Å²) in [4.78, 5) is 102. The van der Waals surface area contributed by atoms with E-state index in [9.17, 15) is 33.6 Å². The molecule has 0 bridgehead atoms. The molecule has 1 aliphatic rings. The van der Waals surface area contributed by atoms with Gasteiger partial charge in [-0.2, -0.15) is 0 Å². The Kier molecular flexibility index (Phi) is 18.1. The first-order valence-electron chi connectivity index (χ1n) is 22.8. The van der Waals surface area contributed by atoms with Crippen molar-refractivity contribution in [3.63, 3.8) is 0 Å². The number of carbonyl (C=O) groups is 6. The number of Topliss-reactive ketones (excluding diaryl/α,β-unsaturated/α-hetero) is 1. The lowest BCUT2D eigenvalue weighted by atomic mass is 9.72. The van der Waals surface area contributed by atoms with Gasteiger partial charge in [0.1, 0.15) is 43.9 Å². The molecule has 1 atom stereocenters. The number of nitrogens with one attached hydrogen (secondary N) is 1. The molecule has 2 aromatic carbocycles. The summed E-state index contributed by atoms with van der Waals surface area (Å²) in [6.45, 7) is 11.6. The van der Waals surface area contributed by atoms with E-state index in [1.54, 1.807) is 51.4 Å². The molecule has 1 unspecified atom stereocenters. The van der Waals surface area contributed by atoms with Crippen LogP contribution in [0.2, 0.25) is 0 Å². The number of imidazole rings is 1. The van der Waals surface area contributed by atoms with Crippen LogP contribution in [0.1, 0.15) is 94.0 Å². The second-order valence-electron chi connectivity index (χ2n) is 17.9. The van der Waals surface area contributed by atoms with Crippen LogP contribution in [0.5, 0.6) is 0 Å². The second kappa shape index (κ2) is 23.7. The summed E-state index contributed by atoms with van der Waals surface area (Å²) in [5.74, 6) is -2.91. The fourth-order valence-corrected chi connectivity index (χ4v) is 7.48. The van der Waals surface area contributed by atoms with Gasteiger partial charge in [-0.15, -0.1) is 0 Å². The highest BCUT2D eigenvalue weighted by Crippen LogP contribution is 2.38. The Morgan fingerprint density at radius 1 is 0.714 bits per heavy atom. The number of hydrogen-bond acceptors (Lipinski definition) is 16. The van der Waals surface area contributed by atoms with E-state index < -0.39 is 45.8 Å². The molecule has 4 heterocycles. The van der Waals surface area contributed by atoms with Crippen molar-refractivity contribution >= 4 is 68.3 Å². The van der Waals surface area contributed by atoms with Crippen molar-refractivity contribution in [2.75, 3.05) is 39.6 Å². The van der Waals surface area contributed by atoms with Crippen molar-refractivity contribution in [2.24, 2.45) is 16.2 Å². The molecular formula is C52H59N5O13. The first kappa shape index (κ1) is 53.5. The third-order valence-corrected chi connectivity index (χ3v) is 12.0. The van der Waals surface area contributed by atoms with Crippen molar-refractivity contribution < 1.29 is 57.9 Å². The van der Waals surface area contributed by atoms with Gasteiger partial charge >= 0.3 is 23.9 Å². The number of benzene rings is 2. The van der Waals surface area contributed by atoms with Crippen LogP contribution < -0.4 is 5.43 Å². The molecule has 0 fully saturated rings. The summed E-state index contributed by atoms with van der Waals surface area (Å²) in [6.07, 6.45) is 12.4. The summed E-state index contributed by atoms with van der Waals surface area (Å²) >= 11 is 0. The number of carbonyl (C=O) groups excluding carboxylic acids is 6. The summed E-state index contributed by atoms with van der Waals surface area (Å²) < 4.78 is 21.6. The third-order valence-electron chi connectivity index (χ3n) is 12.0. The molecule has 370 valence electrons. The molecule has 70 heavy (non-hydrogen) atoms. The maximum absolute atomic E-state index is 12.9. The molecule has 0 saturated carbocycles. The predicted octanol–water partition coefficient (Wildman–Crippen LogP) is 6.27. The number of ether oxygens (including phenoxy) is 4. The van der Waals surface area contributed by atoms with Gasteiger partial charge in [-0.1, -0.05) is 44.2 Å². The van der Waals surface area contributed by atoms with E-state index >= 15 is 0 Å². The first-order chi connectivity index (χ1) is 33.3. The molecule has 4 aromatic heterocycles. The highest BCUT2D eigenvalue weighted by molar-refractivity contribution is 6.26. The fraction of sp³-hybridized carbons (Fsp3) is 0.385. The molecule has 7 rings (SSSR count). The standard InChI is InChI=1S/C28H33NO8.C16H10N4O2.C8H16O3/c1-5-28(4,26(34)36-14-13-30)17-27(2,3)25(33)37-16-15-35-24(32)21-11-10-19-20(23(21)31)9-8-18-7-6-12-29-22(18)19;21-15-11-4-3-10-2-1-5-18-13(10)14(11)19-8-12(15)16(22)20-7-6-17-9-20;1-4-8(2,3)7(10)11-6-5-9/h6-9,11-12,30H,5,10,13-17H2,1-4H3;1-9H,(H,19,21);9H,4-6H2,1-3H3. The summed E-state index contributed by atoms with van der Waals surface area (Å²) in [5, 5.41) is 19.6. The molecule has 0 saturated heterocycles. The van der Waals surface area contributed by atoms with Crippen LogP contribution >= 0.6 is 0 Å². The van der Waals surface area contributed by atoms with Crippen LogP contribution in [0, 0.1) is 16.2 Å². The third kappa shape index (κ3) is 12.6. The number of allylic oxidation sites excluding steroid dienone is 1. The minimum absolute atomic E-state index is 0.0606. The van der Waals surface area contributed by atoms with E-state index in [2.05, 4.69) is 19.9 Å². The number of aromatic amines is 1. The van der Waals surface area contributed by atoms with E-state index in [0.717, 1.165) is 28.3 Å². The Labute approximate surface area is 404 Å². The molecule has 18 nitrogen and oxygen atoms in total. The lowest BCUT2D eigenvalue weighted by Crippen LogP contribution is -2.39. The Balaban J connectivity index is 0.000000231. The van der Waals surface area contributed by atoms with Crippen molar-refractivity contribution in [1.82, 2.24) is 24.5 Å². The number of H-pyrrole nitrogens is 1. The number of rotatable bonds is 16. The van der Waals surface area contributed by atoms with Gasteiger partial charge in [-0.25, -0.2) is 9.78 Å². The van der Waals surface area contributed by atoms with E-state index in [1.807, 2.05) is 58.0 Å². The first-order valence-corrected chi connectivity index (χ1v) is 22.8. The van der Waals surface area contributed by atoms with Gasteiger partial charge in [0.25, 0.3) is 5.91 Å². The zero-order valence-electron chi connectivity index (χ0n) is 40.4. The average Bonchev–Trinajstić information content (AvgIpc) is 3.91. The molecule has 0 aliphatic heterocycles. The zero-order valence-corrected chi connectivity index (χ0v) is 40.4. The van der Waals surface area contributed by atoms with Gasteiger partial charge in [-0.3, -0.25) is 43.3 Å².